The van der Waals surface area contributed by atoms with Crippen molar-refractivity contribution in [2.24, 2.45) is 5.92 Å². The lowest BCUT2D eigenvalue weighted by Crippen LogP contribution is -2.30. The van der Waals surface area contributed by atoms with Crippen LogP contribution in [0.15, 0.2) is 36.4 Å². The molecule has 0 amide bonds. The average Bonchev–Trinajstić information content (AvgIpc) is 3.08. The smallest absolute Gasteiger partial charge is 0.147 e. The van der Waals surface area contributed by atoms with E-state index in [-0.39, 0.29) is 0 Å². The molecule has 2 heterocycles. The molecule has 31 heavy (non-hydrogen) atoms. The lowest BCUT2D eigenvalue weighted by Gasteiger charge is -2.28. The molecule has 0 unspecified atom stereocenters. The van der Waals surface area contributed by atoms with Crippen molar-refractivity contribution >= 4 is 22.6 Å². The van der Waals surface area contributed by atoms with Crippen LogP contribution in [0.4, 0.5) is 0 Å². The van der Waals surface area contributed by atoms with Crippen LogP contribution in [0.5, 0.6) is 5.75 Å². The molecule has 5 heteroatoms. The third-order valence-electron chi connectivity index (χ3n) is 6.71. The highest BCUT2D eigenvalue weighted by Gasteiger charge is 2.17. The Morgan fingerprint density at radius 3 is 2.48 bits per heavy atom. The Balaban J connectivity index is 1.44. The molecule has 1 fully saturated rings. The Morgan fingerprint density at radius 1 is 1.03 bits per heavy atom. The maximum atomic E-state index is 6.04. The standard InChI is InChI=1S/C26H34ClN3O/c1-19-16-24-25(17-20(19)2)30(13-5-4-6-21-11-14-29(3)15-12-21)26(28-24)18-31-23-9-7-22(27)8-10-23/h7-10,16-17,21H,4-6,11-15,18H2,1-3H3. The van der Waals surface area contributed by atoms with Crippen molar-refractivity contribution in [2.75, 3.05) is 20.1 Å². The van der Waals surface area contributed by atoms with Crippen LogP contribution in [0.2, 0.25) is 5.02 Å². The van der Waals surface area contributed by atoms with Gasteiger partial charge in [-0.1, -0.05) is 24.4 Å². The van der Waals surface area contributed by atoms with E-state index in [1.165, 1.54) is 61.8 Å². The molecule has 0 atom stereocenters. The zero-order valence-electron chi connectivity index (χ0n) is 19.0. The Hall–Kier alpha value is -2.04. The summed E-state index contributed by atoms with van der Waals surface area (Å²) in [6.45, 7) is 8.28. The fourth-order valence-corrected chi connectivity index (χ4v) is 4.65. The second kappa shape index (κ2) is 10.1. The second-order valence-corrected chi connectivity index (χ2v) is 9.53. The van der Waals surface area contributed by atoms with Crippen molar-refractivity contribution in [3.63, 3.8) is 0 Å². The quantitative estimate of drug-likeness (QED) is 0.380. The zero-order chi connectivity index (χ0) is 21.8. The van der Waals surface area contributed by atoms with Gasteiger partial charge in [-0.15, -0.1) is 0 Å². The normalized spacial score (nSPS) is 15.6. The summed E-state index contributed by atoms with van der Waals surface area (Å²) in [7, 11) is 2.23. The highest BCUT2D eigenvalue weighted by Crippen LogP contribution is 2.25. The molecule has 0 bridgehead atoms. The molecule has 0 radical (unpaired) electrons. The number of unbranched alkanes of at least 4 members (excludes halogenated alkanes) is 1. The second-order valence-electron chi connectivity index (χ2n) is 9.09. The Labute approximate surface area is 191 Å². The molecule has 166 valence electrons. The number of ether oxygens (including phenoxy) is 1. The predicted molar refractivity (Wildman–Crippen MR) is 129 cm³/mol. The van der Waals surface area contributed by atoms with Gasteiger partial charge in [-0.3, -0.25) is 0 Å². The van der Waals surface area contributed by atoms with Gasteiger partial charge in [0.25, 0.3) is 0 Å². The molecule has 1 aliphatic heterocycles. The minimum atomic E-state index is 0.462. The number of hydrogen-bond acceptors (Lipinski definition) is 3. The monoisotopic (exact) mass is 439 g/mol. The lowest BCUT2D eigenvalue weighted by molar-refractivity contribution is 0.209. The van der Waals surface area contributed by atoms with Gasteiger partial charge in [-0.2, -0.15) is 0 Å². The SMILES string of the molecule is Cc1cc2nc(COc3ccc(Cl)cc3)n(CCCCC3CCN(C)CC3)c2cc1C. The minimum absolute atomic E-state index is 0.462. The number of halogens is 1. The molecule has 1 aromatic heterocycles. The van der Waals surface area contributed by atoms with Gasteiger partial charge in [-0.05, 0) is 107 Å². The summed E-state index contributed by atoms with van der Waals surface area (Å²) in [5.74, 6) is 2.71. The fourth-order valence-electron chi connectivity index (χ4n) is 4.52. The molecule has 1 aliphatic rings. The van der Waals surface area contributed by atoms with E-state index in [4.69, 9.17) is 21.3 Å². The van der Waals surface area contributed by atoms with E-state index >= 15 is 0 Å². The number of rotatable bonds is 8. The topological polar surface area (TPSA) is 30.3 Å². The summed E-state index contributed by atoms with van der Waals surface area (Å²) in [4.78, 5) is 7.38. The molecule has 0 spiro atoms. The Morgan fingerprint density at radius 2 is 1.74 bits per heavy atom. The molecule has 0 saturated carbocycles. The highest BCUT2D eigenvalue weighted by molar-refractivity contribution is 6.30. The van der Waals surface area contributed by atoms with Crippen LogP contribution in [0.3, 0.4) is 0 Å². The number of hydrogen-bond donors (Lipinski definition) is 0. The van der Waals surface area contributed by atoms with Crippen molar-refractivity contribution < 1.29 is 4.74 Å². The van der Waals surface area contributed by atoms with Crippen molar-refractivity contribution in [3.05, 3.63) is 58.4 Å². The third kappa shape index (κ3) is 5.61. The van der Waals surface area contributed by atoms with Gasteiger partial charge in [0.05, 0.1) is 11.0 Å². The first-order valence-electron chi connectivity index (χ1n) is 11.5. The van der Waals surface area contributed by atoms with E-state index in [2.05, 4.69) is 42.5 Å². The van der Waals surface area contributed by atoms with Crippen LogP contribution in [-0.4, -0.2) is 34.6 Å². The number of aromatic nitrogens is 2. The average molecular weight is 440 g/mol. The van der Waals surface area contributed by atoms with Gasteiger partial charge in [-0.25, -0.2) is 4.98 Å². The number of benzene rings is 2. The highest BCUT2D eigenvalue weighted by atomic mass is 35.5. The summed E-state index contributed by atoms with van der Waals surface area (Å²) in [5, 5.41) is 0.718. The lowest BCUT2D eigenvalue weighted by atomic mass is 9.92. The molecule has 4 nitrogen and oxygen atoms in total. The van der Waals surface area contributed by atoms with Crippen LogP contribution in [0.1, 0.15) is 49.1 Å². The van der Waals surface area contributed by atoms with Crippen molar-refractivity contribution in [1.82, 2.24) is 14.5 Å². The maximum Gasteiger partial charge on any atom is 0.147 e. The first-order chi connectivity index (χ1) is 15.0. The number of fused-ring (bicyclic) bond motifs is 1. The van der Waals surface area contributed by atoms with Gasteiger partial charge < -0.3 is 14.2 Å². The van der Waals surface area contributed by atoms with E-state index < -0.39 is 0 Å². The molecule has 4 rings (SSSR count). The first kappa shape index (κ1) is 22.2. The Kier molecular flexibility index (Phi) is 7.19. The largest absolute Gasteiger partial charge is 0.486 e. The van der Waals surface area contributed by atoms with Crippen molar-refractivity contribution in [1.29, 1.82) is 0 Å². The van der Waals surface area contributed by atoms with E-state index in [0.29, 0.717) is 6.61 Å². The molecule has 2 aromatic carbocycles. The molecule has 0 N–H and O–H groups in total. The Bertz CT molecular complexity index is 1000. The maximum absolute atomic E-state index is 6.04. The number of imidazole rings is 1. The number of aryl methyl sites for hydroxylation is 3. The minimum Gasteiger partial charge on any atom is -0.486 e. The summed E-state index contributed by atoms with van der Waals surface area (Å²) < 4.78 is 8.41. The van der Waals surface area contributed by atoms with Gasteiger partial charge in [0.1, 0.15) is 18.2 Å². The van der Waals surface area contributed by atoms with Gasteiger partial charge in [0.15, 0.2) is 0 Å². The molecule has 1 saturated heterocycles. The van der Waals surface area contributed by atoms with Gasteiger partial charge >= 0.3 is 0 Å². The third-order valence-corrected chi connectivity index (χ3v) is 6.96. The summed E-state index contributed by atoms with van der Waals surface area (Å²) in [6, 6.07) is 12.0. The van der Waals surface area contributed by atoms with E-state index in [1.54, 1.807) is 0 Å². The van der Waals surface area contributed by atoms with E-state index in [1.807, 2.05) is 24.3 Å². The van der Waals surface area contributed by atoms with E-state index in [0.717, 1.165) is 34.6 Å². The fraction of sp³-hybridized carbons (Fsp3) is 0.500. The predicted octanol–water partition coefficient (Wildman–Crippen LogP) is 6.40. The number of piperidine rings is 1. The number of likely N-dealkylation sites (tertiary alicyclic amines) is 1. The summed E-state index contributed by atoms with van der Waals surface area (Å²) in [5.41, 5.74) is 4.87. The molecular weight excluding hydrogens is 406 g/mol. The number of nitrogens with zero attached hydrogens (tertiary/aromatic N) is 3. The van der Waals surface area contributed by atoms with Crippen molar-refractivity contribution in [3.8, 4) is 5.75 Å². The van der Waals surface area contributed by atoms with Crippen LogP contribution < -0.4 is 4.74 Å². The van der Waals surface area contributed by atoms with Gasteiger partial charge in [0, 0.05) is 11.6 Å². The van der Waals surface area contributed by atoms with Crippen LogP contribution in [-0.2, 0) is 13.2 Å². The summed E-state index contributed by atoms with van der Waals surface area (Å²) in [6.07, 6.45) is 6.50. The van der Waals surface area contributed by atoms with Crippen LogP contribution in [0.25, 0.3) is 11.0 Å². The van der Waals surface area contributed by atoms with Crippen molar-refractivity contribution in [2.45, 2.75) is 59.1 Å². The molecule has 3 aromatic rings. The van der Waals surface area contributed by atoms with Gasteiger partial charge in [0.2, 0.25) is 0 Å². The zero-order valence-corrected chi connectivity index (χ0v) is 19.8. The summed E-state index contributed by atoms with van der Waals surface area (Å²) >= 11 is 6.00. The molecular formula is C26H34ClN3O. The van der Waals surface area contributed by atoms with Crippen LogP contribution in [0, 0.1) is 19.8 Å². The first-order valence-corrected chi connectivity index (χ1v) is 11.9. The van der Waals surface area contributed by atoms with Crippen LogP contribution >= 0.6 is 11.6 Å². The van der Waals surface area contributed by atoms with E-state index in [9.17, 15) is 0 Å². The molecule has 0 aliphatic carbocycles.